The molecule has 0 atom stereocenters. The van der Waals surface area contributed by atoms with E-state index in [2.05, 4.69) is 90.1 Å². The molecule has 2 aromatic rings. The van der Waals surface area contributed by atoms with E-state index in [0.717, 1.165) is 58.9 Å². The molecule has 2 fully saturated rings. The van der Waals surface area contributed by atoms with Crippen LogP contribution in [0.1, 0.15) is 65.5 Å². The standard InChI is InChI=1S/C32H46O4/c1-7-31(20-34-21-31)22-36-30(5,6)17-25-9-13-27(14-10-25)28-15-11-26(12-16-28)18-33-19-29(3,4)32(8-2)23-35-24-32/h9-16H,7-8,17-24H2,1-6H3. The van der Waals surface area contributed by atoms with E-state index in [9.17, 15) is 0 Å². The molecule has 0 aromatic heterocycles. The predicted molar refractivity (Wildman–Crippen MR) is 146 cm³/mol. The lowest BCUT2D eigenvalue weighted by Crippen LogP contribution is -2.54. The molecule has 0 unspecified atom stereocenters. The average molecular weight is 495 g/mol. The highest BCUT2D eigenvalue weighted by Gasteiger charge is 2.49. The normalized spacial score (nSPS) is 18.9. The highest BCUT2D eigenvalue weighted by Crippen LogP contribution is 2.47. The van der Waals surface area contributed by atoms with Crippen molar-refractivity contribution in [2.24, 2.45) is 16.2 Å². The van der Waals surface area contributed by atoms with Gasteiger partial charge in [0.05, 0.1) is 51.8 Å². The Bertz CT molecular complexity index is 955. The minimum Gasteiger partial charge on any atom is -0.380 e. The summed E-state index contributed by atoms with van der Waals surface area (Å²) in [7, 11) is 0. The first-order chi connectivity index (χ1) is 17.1. The third kappa shape index (κ3) is 6.05. The van der Waals surface area contributed by atoms with Crippen LogP contribution in [0.5, 0.6) is 0 Å². The van der Waals surface area contributed by atoms with Crippen LogP contribution < -0.4 is 0 Å². The second-order valence-electron chi connectivity index (χ2n) is 12.5. The SMILES string of the molecule is CCC1(COC(C)(C)Cc2ccc(-c3ccc(COCC(C)(C)C4(CC)COC4)cc3)cc2)COC1. The van der Waals surface area contributed by atoms with Crippen molar-refractivity contribution >= 4 is 0 Å². The van der Waals surface area contributed by atoms with Gasteiger partial charge >= 0.3 is 0 Å². The number of hydrogen-bond donors (Lipinski definition) is 0. The first-order valence-electron chi connectivity index (χ1n) is 13.7. The van der Waals surface area contributed by atoms with E-state index in [1.54, 1.807) is 0 Å². The van der Waals surface area contributed by atoms with Gasteiger partial charge in [0.15, 0.2) is 0 Å². The maximum Gasteiger partial charge on any atom is 0.0717 e. The third-order valence-electron chi connectivity index (χ3n) is 8.81. The molecule has 2 saturated heterocycles. The predicted octanol–water partition coefficient (Wildman–Crippen LogP) is 7.09. The molecule has 36 heavy (non-hydrogen) atoms. The summed E-state index contributed by atoms with van der Waals surface area (Å²) in [6.07, 6.45) is 3.14. The minimum atomic E-state index is -0.197. The molecule has 2 aliphatic heterocycles. The summed E-state index contributed by atoms with van der Waals surface area (Å²) in [5, 5.41) is 0. The van der Waals surface area contributed by atoms with Crippen molar-refractivity contribution in [1.82, 2.24) is 0 Å². The van der Waals surface area contributed by atoms with E-state index in [1.807, 2.05) is 0 Å². The Morgan fingerprint density at radius 3 is 1.75 bits per heavy atom. The fourth-order valence-corrected chi connectivity index (χ4v) is 5.28. The Morgan fingerprint density at radius 1 is 0.750 bits per heavy atom. The monoisotopic (exact) mass is 494 g/mol. The molecule has 4 nitrogen and oxygen atoms in total. The van der Waals surface area contributed by atoms with Crippen LogP contribution in [0, 0.1) is 16.2 Å². The average Bonchev–Trinajstić information content (AvgIpc) is 2.79. The number of rotatable bonds is 13. The third-order valence-corrected chi connectivity index (χ3v) is 8.81. The molecule has 2 aromatic carbocycles. The quantitative estimate of drug-likeness (QED) is 0.298. The fraction of sp³-hybridized carbons (Fsp3) is 0.625. The van der Waals surface area contributed by atoms with Gasteiger partial charge in [-0.1, -0.05) is 76.2 Å². The van der Waals surface area contributed by atoms with Crippen LogP contribution in [0.2, 0.25) is 0 Å². The second kappa shape index (κ2) is 10.9. The van der Waals surface area contributed by atoms with Crippen molar-refractivity contribution in [3.05, 3.63) is 59.7 Å². The summed E-state index contributed by atoms with van der Waals surface area (Å²) in [4.78, 5) is 0. The molecule has 4 rings (SSSR count). The van der Waals surface area contributed by atoms with Crippen LogP contribution in [0.4, 0.5) is 0 Å². The molecule has 198 valence electrons. The number of ether oxygens (including phenoxy) is 4. The summed E-state index contributed by atoms with van der Waals surface area (Å²) in [5.41, 5.74) is 5.37. The topological polar surface area (TPSA) is 36.9 Å². The van der Waals surface area contributed by atoms with E-state index >= 15 is 0 Å². The van der Waals surface area contributed by atoms with E-state index in [4.69, 9.17) is 18.9 Å². The smallest absolute Gasteiger partial charge is 0.0717 e. The molecule has 0 spiro atoms. The number of benzene rings is 2. The summed E-state index contributed by atoms with van der Waals surface area (Å²) in [6, 6.07) is 17.7. The van der Waals surface area contributed by atoms with Crippen LogP contribution in [0.25, 0.3) is 11.1 Å². The van der Waals surface area contributed by atoms with Gasteiger partial charge in [-0.25, -0.2) is 0 Å². The van der Waals surface area contributed by atoms with Gasteiger partial charge in [0.25, 0.3) is 0 Å². The highest BCUT2D eigenvalue weighted by molar-refractivity contribution is 5.64. The largest absolute Gasteiger partial charge is 0.380 e. The molecule has 4 heteroatoms. The van der Waals surface area contributed by atoms with Crippen LogP contribution in [0.3, 0.4) is 0 Å². The maximum atomic E-state index is 6.35. The number of hydrogen-bond acceptors (Lipinski definition) is 4. The maximum absolute atomic E-state index is 6.35. The van der Waals surface area contributed by atoms with Crippen molar-refractivity contribution in [1.29, 1.82) is 0 Å². The van der Waals surface area contributed by atoms with Gasteiger partial charge in [-0.2, -0.15) is 0 Å². The van der Waals surface area contributed by atoms with Gasteiger partial charge in [0, 0.05) is 17.3 Å². The Morgan fingerprint density at radius 2 is 1.31 bits per heavy atom. The lowest BCUT2D eigenvalue weighted by molar-refractivity contribution is -0.193. The lowest BCUT2D eigenvalue weighted by atomic mass is 9.63. The van der Waals surface area contributed by atoms with Crippen LogP contribution in [-0.4, -0.2) is 45.2 Å². The summed E-state index contributed by atoms with van der Waals surface area (Å²) < 4.78 is 23.5. The van der Waals surface area contributed by atoms with E-state index in [0.29, 0.717) is 6.61 Å². The minimum absolute atomic E-state index is 0.115. The first kappa shape index (κ1) is 27.3. The van der Waals surface area contributed by atoms with Crippen LogP contribution in [-0.2, 0) is 32.0 Å². The van der Waals surface area contributed by atoms with Crippen molar-refractivity contribution in [2.45, 2.75) is 73.0 Å². The van der Waals surface area contributed by atoms with E-state index < -0.39 is 0 Å². The summed E-state index contributed by atoms with van der Waals surface area (Å²) in [5.74, 6) is 0. The molecule has 0 bridgehead atoms. The Hall–Kier alpha value is -1.72. The Kier molecular flexibility index (Phi) is 8.31. The zero-order chi connectivity index (χ0) is 25.9. The molecular weight excluding hydrogens is 448 g/mol. The van der Waals surface area contributed by atoms with Crippen molar-refractivity contribution in [2.75, 3.05) is 39.6 Å². The molecule has 0 amide bonds. The van der Waals surface area contributed by atoms with Crippen LogP contribution >= 0.6 is 0 Å². The molecule has 0 N–H and O–H groups in total. The lowest BCUT2D eigenvalue weighted by Gasteiger charge is -2.52. The first-order valence-corrected chi connectivity index (χ1v) is 13.7. The fourth-order valence-electron chi connectivity index (χ4n) is 5.28. The van der Waals surface area contributed by atoms with Gasteiger partial charge in [-0.05, 0) is 54.4 Å². The molecule has 0 aliphatic carbocycles. The van der Waals surface area contributed by atoms with Crippen LogP contribution in [0.15, 0.2) is 48.5 Å². The molecule has 0 saturated carbocycles. The van der Waals surface area contributed by atoms with Gasteiger partial charge in [0.1, 0.15) is 0 Å². The summed E-state index contributed by atoms with van der Waals surface area (Å²) in [6.45, 7) is 19.0. The van der Waals surface area contributed by atoms with E-state index in [-0.39, 0.29) is 21.8 Å². The Balaban J connectivity index is 1.27. The van der Waals surface area contributed by atoms with Gasteiger partial charge in [0.2, 0.25) is 0 Å². The van der Waals surface area contributed by atoms with Crippen molar-refractivity contribution in [3.8, 4) is 11.1 Å². The summed E-state index contributed by atoms with van der Waals surface area (Å²) >= 11 is 0. The Labute approximate surface area is 218 Å². The van der Waals surface area contributed by atoms with Gasteiger partial charge in [-0.3, -0.25) is 0 Å². The molecule has 2 heterocycles. The highest BCUT2D eigenvalue weighted by atomic mass is 16.5. The van der Waals surface area contributed by atoms with Crippen molar-refractivity contribution < 1.29 is 18.9 Å². The zero-order valence-electron chi connectivity index (χ0n) is 23.3. The molecule has 0 radical (unpaired) electrons. The van der Waals surface area contributed by atoms with Gasteiger partial charge in [-0.15, -0.1) is 0 Å². The zero-order valence-corrected chi connectivity index (χ0v) is 23.3. The van der Waals surface area contributed by atoms with Crippen molar-refractivity contribution in [3.63, 3.8) is 0 Å². The van der Waals surface area contributed by atoms with E-state index in [1.165, 1.54) is 22.3 Å². The molecule has 2 aliphatic rings. The van der Waals surface area contributed by atoms with Gasteiger partial charge < -0.3 is 18.9 Å². The second-order valence-corrected chi connectivity index (χ2v) is 12.5. The molecular formula is C32H46O4.